The second kappa shape index (κ2) is 4.37. The van der Waals surface area contributed by atoms with E-state index in [1.54, 1.807) is 7.11 Å². The molecule has 5 nitrogen and oxygen atoms in total. The molecule has 0 bridgehead atoms. The Bertz CT molecular complexity index is 247. The monoisotopic (exact) mass is 213 g/mol. The molecule has 2 rings (SSSR count). The van der Waals surface area contributed by atoms with E-state index < -0.39 is 0 Å². The number of urea groups is 1. The zero-order chi connectivity index (χ0) is 10.8. The molecule has 2 aliphatic heterocycles. The van der Waals surface area contributed by atoms with E-state index in [1.165, 1.54) is 0 Å². The van der Waals surface area contributed by atoms with E-state index in [0.29, 0.717) is 19.2 Å². The van der Waals surface area contributed by atoms with E-state index in [1.807, 2.05) is 9.80 Å². The number of methoxy groups -OCH3 is 1. The molecule has 1 atom stereocenters. The van der Waals surface area contributed by atoms with Gasteiger partial charge in [0, 0.05) is 39.8 Å². The van der Waals surface area contributed by atoms with Crippen LogP contribution in [0.15, 0.2) is 0 Å². The Labute approximate surface area is 90.6 Å². The summed E-state index contributed by atoms with van der Waals surface area (Å²) in [5, 5.41) is 0. The van der Waals surface area contributed by atoms with E-state index in [-0.39, 0.29) is 6.03 Å². The van der Waals surface area contributed by atoms with Crippen LogP contribution < -0.4 is 0 Å². The van der Waals surface area contributed by atoms with Gasteiger partial charge in [0.1, 0.15) is 0 Å². The minimum absolute atomic E-state index is 0.185. The molecule has 0 aromatic rings. The average molecular weight is 213 g/mol. The number of fused-ring (bicyclic) bond motifs is 1. The van der Waals surface area contributed by atoms with Crippen molar-refractivity contribution < 1.29 is 9.53 Å². The fourth-order valence-corrected chi connectivity index (χ4v) is 2.32. The van der Waals surface area contributed by atoms with Crippen LogP contribution in [0.4, 0.5) is 4.79 Å². The summed E-state index contributed by atoms with van der Waals surface area (Å²) >= 11 is 0. The van der Waals surface area contributed by atoms with Crippen molar-refractivity contribution in [1.82, 2.24) is 14.7 Å². The van der Waals surface area contributed by atoms with Crippen LogP contribution in [-0.4, -0.2) is 80.3 Å². The third kappa shape index (κ3) is 2.08. The smallest absolute Gasteiger partial charge is 0.320 e. The Kier molecular flexibility index (Phi) is 3.11. The highest BCUT2D eigenvalue weighted by molar-refractivity contribution is 5.77. The van der Waals surface area contributed by atoms with Crippen molar-refractivity contribution >= 4 is 6.03 Å². The number of nitrogens with zero attached hydrogens (tertiary/aromatic N) is 3. The van der Waals surface area contributed by atoms with Crippen LogP contribution in [0.5, 0.6) is 0 Å². The van der Waals surface area contributed by atoms with Crippen LogP contribution in [0.3, 0.4) is 0 Å². The third-order valence-electron chi connectivity index (χ3n) is 3.20. The number of amides is 2. The van der Waals surface area contributed by atoms with Gasteiger partial charge in [0.05, 0.1) is 12.6 Å². The van der Waals surface area contributed by atoms with Gasteiger partial charge in [-0.2, -0.15) is 0 Å². The van der Waals surface area contributed by atoms with E-state index in [0.717, 1.165) is 26.2 Å². The first-order valence-corrected chi connectivity index (χ1v) is 5.45. The molecule has 15 heavy (non-hydrogen) atoms. The molecule has 0 radical (unpaired) electrons. The molecule has 0 aliphatic carbocycles. The number of likely N-dealkylation sites (N-methyl/N-ethyl adjacent to an activating group) is 1. The second-order valence-corrected chi connectivity index (χ2v) is 4.33. The topological polar surface area (TPSA) is 36.0 Å². The molecular weight excluding hydrogens is 194 g/mol. The number of hydrogen-bond acceptors (Lipinski definition) is 3. The third-order valence-corrected chi connectivity index (χ3v) is 3.20. The number of carbonyl (C=O) groups excluding carboxylic acids is 1. The van der Waals surface area contributed by atoms with E-state index in [4.69, 9.17) is 4.74 Å². The maximum absolute atomic E-state index is 11.9. The summed E-state index contributed by atoms with van der Waals surface area (Å²) in [5.41, 5.74) is 0. The molecule has 5 heteroatoms. The lowest BCUT2D eigenvalue weighted by molar-refractivity contribution is 0.136. The molecular formula is C10H19N3O2. The van der Waals surface area contributed by atoms with Crippen molar-refractivity contribution in [2.24, 2.45) is 0 Å². The predicted octanol–water partition coefficient (Wildman–Crippen LogP) is -0.316. The molecule has 0 N–H and O–H groups in total. The van der Waals surface area contributed by atoms with Crippen LogP contribution in [-0.2, 0) is 4.74 Å². The molecule has 2 saturated heterocycles. The first kappa shape index (κ1) is 10.7. The molecule has 0 spiro atoms. The normalized spacial score (nSPS) is 27.3. The SMILES string of the molecule is COCCN1C[C@H]2CN(C)CCN2C1=O. The van der Waals surface area contributed by atoms with Gasteiger partial charge in [0.25, 0.3) is 0 Å². The zero-order valence-corrected chi connectivity index (χ0v) is 9.48. The molecule has 0 unspecified atom stereocenters. The van der Waals surface area contributed by atoms with Crippen molar-refractivity contribution in [1.29, 1.82) is 0 Å². The lowest BCUT2D eigenvalue weighted by atomic mass is 10.2. The quantitative estimate of drug-likeness (QED) is 0.645. The van der Waals surface area contributed by atoms with Gasteiger partial charge in [-0.05, 0) is 7.05 Å². The van der Waals surface area contributed by atoms with Gasteiger partial charge in [-0.1, -0.05) is 0 Å². The number of carbonyl (C=O) groups is 1. The summed E-state index contributed by atoms with van der Waals surface area (Å²) in [5.74, 6) is 0. The molecule has 0 aromatic heterocycles. The number of ether oxygens (including phenoxy) is 1. The summed E-state index contributed by atoms with van der Waals surface area (Å²) in [7, 11) is 3.78. The van der Waals surface area contributed by atoms with Crippen molar-refractivity contribution in [2.75, 3.05) is 53.5 Å². The van der Waals surface area contributed by atoms with Crippen LogP contribution >= 0.6 is 0 Å². The van der Waals surface area contributed by atoms with E-state index in [2.05, 4.69) is 11.9 Å². The van der Waals surface area contributed by atoms with Gasteiger partial charge in [0.15, 0.2) is 0 Å². The fraction of sp³-hybridized carbons (Fsp3) is 0.900. The lowest BCUT2D eigenvalue weighted by Gasteiger charge is -2.33. The van der Waals surface area contributed by atoms with Crippen LogP contribution in [0.1, 0.15) is 0 Å². The summed E-state index contributed by atoms with van der Waals surface area (Å²) in [4.78, 5) is 18.1. The molecule has 2 heterocycles. The van der Waals surface area contributed by atoms with Crippen LogP contribution in [0, 0.1) is 0 Å². The van der Waals surface area contributed by atoms with Crippen LogP contribution in [0.25, 0.3) is 0 Å². The standard InChI is InChI=1S/C10H19N3O2/c1-11-3-4-13-9(7-11)8-12(10(13)14)5-6-15-2/h9H,3-8H2,1-2H3/t9-/m1/s1. The van der Waals surface area contributed by atoms with Crippen molar-refractivity contribution in [3.8, 4) is 0 Å². The molecule has 86 valence electrons. The van der Waals surface area contributed by atoms with Gasteiger partial charge in [-0.25, -0.2) is 4.79 Å². The first-order valence-electron chi connectivity index (χ1n) is 5.45. The molecule has 0 aromatic carbocycles. The van der Waals surface area contributed by atoms with Crippen LogP contribution in [0.2, 0.25) is 0 Å². The lowest BCUT2D eigenvalue weighted by Crippen LogP contribution is -2.50. The minimum Gasteiger partial charge on any atom is -0.383 e. The van der Waals surface area contributed by atoms with Crippen molar-refractivity contribution in [2.45, 2.75) is 6.04 Å². The Morgan fingerprint density at radius 3 is 2.93 bits per heavy atom. The summed E-state index contributed by atoms with van der Waals surface area (Å²) in [6.07, 6.45) is 0. The number of rotatable bonds is 3. The highest BCUT2D eigenvalue weighted by Crippen LogP contribution is 2.19. The van der Waals surface area contributed by atoms with E-state index in [9.17, 15) is 4.79 Å². The minimum atomic E-state index is 0.185. The highest BCUT2D eigenvalue weighted by Gasteiger charge is 2.39. The largest absolute Gasteiger partial charge is 0.383 e. The average Bonchev–Trinajstić information content (AvgIpc) is 2.52. The maximum Gasteiger partial charge on any atom is 0.320 e. The molecule has 0 saturated carbocycles. The zero-order valence-electron chi connectivity index (χ0n) is 9.48. The summed E-state index contributed by atoms with van der Waals surface area (Å²) < 4.78 is 5.00. The van der Waals surface area contributed by atoms with Gasteiger partial charge in [-0.15, -0.1) is 0 Å². The molecule has 2 aliphatic rings. The summed E-state index contributed by atoms with van der Waals surface area (Å²) in [6, 6.07) is 0.568. The Balaban J connectivity index is 1.94. The number of hydrogen-bond donors (Lipinski definition) is 0. The Morgan fingerprint density at radius 2 is 2.20 bits per heavy atom. The molecule has 2 amide bonds. The van der Waals surface area contributed by atoms with Gasteiger partial charge in [0.2, 0.25) is 0 Å². The van der Waals surface area contributed by atoms with Gasteiger partial charge in [-0.3, -0.25) is 0 Å². The summed E-state index contributed by atoms with van der Waals surface area (Å²) in [6.45, 7) is 5.04. The van der Waals surface area contributed by atoms with Crippen molar-refractivity contribution in [3.63, 3.8) is 0 Å². The van der Waals surface area contributed by atoms with Gasteiger partial charge >= 0.3 is 6.03 Å². The highest BCUT2D eigenvalue weighted by atomic mass is 16.5. The second-order valence-electron chi connectivity index (χ2n) is 4.33. The fourth-order valence-electron chi connectivity index (χ4n) is 2.32. The number of piperazine rings is 1. The van der Waals surface area contributed by atoms with Crippen molar-refractivity contribution in [3.05, 3.63) is 0 Å². The Hall–Kier alpha value is -0.810. The van der Waals surface area contributed by atoms with E-state index >= 15 is 0 Å². The molecule has 2 fully saturated rings. The maximum atomic E-state index is 11.9. The first-order chi connectivity index (χ1) is 7.22. The van der Waals surface area contributed by atoms with Gasteiger partial charge < -0.3 is 19.4 Å². The Morgan fingerprint density at radius 1 is 1.40 bits per heavy atom. The predicted molar refractivity (Wildman–Crippen MR) is 56.8 cm³/mol.